The number of benzene rings is 5. The summed E-state index contributed by atoms with van der Waals surface area (Å²) in [5.41, 5.74) is 11.2. The van der Waals surface area contributed by atoms with Crippen LogP contribution in [0.1, 0.15) is 25.0 Å². The lowest BCUT2D eigenvalue weighted by atomic mass is 9.82. The predicted octanol–water partition coefficient (Wildman–Crippen LogP) is 9.34. The van der Waals surface area contributed by atoms with Crippen LogP contribution in [-0.2, 0) is 5.41 Å². The molecule has 0 unspecified atom stereocenters. The summed E-state index contributed by atoms with van der Waals surface area (Å²) in [5.74, 6) is 0. The van der Waals surface area contributed by atoms with Crippen LogP contribution in [0.2, 0.25) is 0 Å². The number of aromatic nitrogens is 2. The molecular formula is C34H24N2S. The Morgan fingerprint density at radius 2 is 1.38 bits per heavy atom. The predicted molar refractivity (Wildman–Crippen MR) is 157 cm³/mol. The molecule has 176 valence electrons. The first-order valence-corrected chi connectivity index (χ1v) is 13.6. The summed E-state index contributed by atoms with van der Waals surface area (Å²) in [7, 11) is 0. The molecule has 0 aliphatic heterocycles. The van der Waals surface area contributed by atoms with Crippen molar-refractivity contribution in [2.45, 2.75) is 19.3 Å². The molecule has 2 aromatic heterocycles. The highest BCUT2D eigenvalue weighted by atomic mass is 32.1. The minimum Gasteiger partial charge on any atom is -0.282 e. The molecule has 1 aliphatic rings. The number of nitrogens with zero attached hydrogens (tertiary/aromatic N) is 2. The zero-order valence-corrected chi connectivity index (χ0v) is 21.5. The molecule has 0 saturated carbocycles. The molecule has 8 rings (SSSR count). The third-order valence-electron chi connectivity index (χ3n) is 8.03. The second kappa shape index (κ2) is 7.41. The summed E-state index contributed by atoms with van der Waals surface area (Å²) in [4.78, 5) is 6.28. The molecule has 0 radical (unpaired) electrons. The minimum absolute atomic E-state index is 0.0500. The van der Waals surface area contributed by atoms with Crippen LogP contribution in [0.3, 0.4) is 0 Å². The summed E-state index contributed by atoms with van der Waals surface area (Å²) >= 11 is 1.76. The monoisotopic (exact) mass is 492 g/mol. The van der Waals surface area contributed by atoms with E-state index in [0.717, 1.165) is 21.9 Å². The Morgan fingerprint density at radius 3 is 2.30 bits per heavy atom. The number of hydrogen-bond donors (Lipinski definition) is 0. The molecule has 0 amide bonds. The Morgan fingerprint density at radius 1 is 0.649 bits per heavy atom. The molecule has 0 bridgehead atoms. The van der Waals surface area contributed by atoms with E-state index in [4.69, 9.17) is 4.98 Å². The summed E-state index contributed by atoms with van der Waals surface area (Å²) in [5, 5.41) is 2.48. The Hall–Kier alpha value is -4.21. The first-order valence-electron chi connectivity index (χ1n) is 12.7. The van der Waals surface area contributed by atoms with Gasteiger partial charge in [0.1, 0.15) is 0 Å². The van der Waals surface area contributed by atoms with Gasteiger partial charge in [0.25, 0.3) is 0 Å². The number of hydrogen-bond acceptors (Lipinski definition) is 2. The maximum Gasteiger partial charge on any atom is 0.195 e. The first kappa shape index (κ1) is 20.9. The van der Waals surface area contributed by atoms with Gasteiger partial charge in [-0.2, -0.15) is 0 Å². The van der Waals surface area contributed by atoms with Crippen LogP contribution in [0.25, 0.3) is 59.6 Å². The fraction of sp³-hybridized carbons (Fsp3) is 0.0882. The molecule has 5 aromatic carbocycles. The molecule has 2 nitrogen and oxygen atoms in total. The lowest BCUT2D eigenvalue weighted by Crippen LogP contribution is -2.14. The molecule has 3 heteroatoms. The van der Waals surface area contributed by atoms with Crippen LogP contribution in [0.15, 0.2) is 109 Å². The van der Waals surface area contributed by atoms with Crippen molar-refractivity contribution < 1.29 is 0 Å². The van der Waals surface area contributed by atoms with Gasteiger partial charge in [-0.25, -0.2) is 4.98 Å². The van der Waals surface area contributed by atoms with Crippen molar-refractivity contribution in [1.82, 2.24) is 9.38 Å². The van der Waals surface area contributed by atoms with E-state index in [2.05, 4.69) is 127 Å². The van der Waals surface area contributed by atoms with Gasteiger partial charge in [-0.15, -0.1) is 0 Å². The highest BCUT2D eigenvalue weighted by Crippen LogP contribution is 2.50. The van der Waals surface area contributed by atoms with E-state index in [1.807, 2.05) is 0 Å². The van der Waals surface area contributed by atoms with Gasteiger partial charge in [-0.3, -0.25) is 4.40 Å². The number of para-hydroxylation sites is 1. The van der Waals surface area contributed by atoms with E-state index in [1.165, 1.54) is 48.8 Å². The largest absolute Gasteiger partial charge is 0.282 e. The molecule has 0 saturated heterocycles. The van der Waals surface area contributed by atoms with Crippen molar-refractivity contribution in [3.05, 3.63) is 120 Å². The standard InChI is InChI=1S/C34H24N2S/c1-34(2)27-12-6-5-11-25(27)26-18-17-24(20-28(26)34)32-31(23-16-15-21-9-3-4-10-22(21)19-23)35-33-36(32)29-13-7-8-14-30(29)37-33/h3-20H,1-2H3. The van der Waals surface area contributed by atoms with Crippen LogP contribution < -0.4 is 0 Å². The Kier molecular flexibility index (Phi) is 4.19. The lowest BCUT2D eigenvalue weighted by molar-refractivity contribution is 0.660. The first-order chi connectivity index (χ1) is 18.1. The number of thiazole rings is 1. The summed E-state index contributed by atoms with van der Waals surface area (Å²) in [6.45, 7) is 4.69. The molecule has 0 spiro atoms. The van der Waals surface area contributed by atoms with E-state index in [9.17, 15) is 0 Å². The molecule has 37 heavy (non-hydrogen) atoms. The Labute approximate surface area is 219 Å². The zero-order valence-electron chi connectivity index (χ0n) is 20.7. The molecule has 7 aromatic rings. The van der Waals surface area contributed by atoms with E-state index >= 15 is 0 Å². The Bertz CT molecular complexity index is 2020. The topological polar surface area (TPSA) is 17.3 Å². The molecule has 0 atom stereocenters. The van der Waals surface area contributed by atoms with Crippen LogP contribution in [-0.4, -0.2) is 9.38 Å². The summed E-state index contributed by atoms with van der Waals surface area (Å²) < 4.78 is 3.62. The van der Waals surface area contributed by atoms with Gasteiger partial charge in [-0.1, -0.05) is 110 Å². The van der Waals surface area contributed by atoms with Crippen LogP contribution in [0.4, 0.5) is 0 Å². The van der Waals surface area contributed by atoms with Crippen molar-refractivity contribution in [3.8, 4) is 33.6 Å². The van der Waals surface area contributed by atoms with Crippen molar-refractivity contribution in [1.29, 1.82) is 0 Å². The molecular weight excluding hydrogens is 468 g/mol. The van der Waals surface area contributed by atoms with Gasteiger partial charge < -0.3 is 0 Å². The van der Waals surface area contributed by atoms with E-state index in [-0.39, 0.29) is 5.41 Å². The van der Waals surface area contributed by atoms with Crippen LogP contribution in [0, 0.1) is 0 Å². The second-order valence-electron chi connectivity index (χ2n) is 10.5. The third-order valence-corrected chi connectivity index (χ3v) is 9.06. The molecule has 1 aliphatic carbocycles. The van der Waals surface area contributed by atoms with Gasteiger partial charge >= 0.3 is 0 Å². The minimum atomic E-state index is -0.0500. The maximum absolute atomic E-state index is 5.25. The fourth-order valence-electron chi connectivity index (χ4n) is 6.17. The van der Waals surface area contributed by atoms with E-state index in [0.29, 0.717) is 0 Å². The quantitative estimate of drug-likeness (QED) is 0.235. The van der Waals surface area contributed by atoms with Crippen molar-refractivity contribution in [3.63, 3.8) is 0 Å². The highest BCUT2D eigenvalue weighted by molar-refractivity contribution is 7.23. The normalized spacial score (nSPS) is 13.9. The average Bonchev–Trinajstić information content (AvgIpc) is 3.55. The number of rotatable bonds is 2. The summed E-state index contributed by atoms with van der Waals surface area (Å²) in [6, 6.07) is 39.7. The number of imidazole rings is 1. The van der Waals surface area contributed by atoms with Gasteiger partial charge in [0.05, 0.1) is 21.6 Å². The SMILES string of the molecule is CC1(C)c2ccccc2-c2ccc(-c3c(-c4ccc5ccccc5c4)nc4sc5ccccc5n34)cc21. The van der Waals surface area contributed by atoms with Crippen LogP contribution in [0.5, 0.6) is 0 Å². The van der Waals surface area contributed by atoms with Gasteiger partial charge in [-0.05, 0) is 57.3 Å². The van der Waals surface area contributed by atoms with Crippen molar-refractivity contribution >= 4 is 37.3 Å². The molecule has 0 N–H and O–H groups in total. The zero-order chi connectivity index (χ0) is 24.7. The highest BCUT2D eigenvalue weighted by Gasteiger charge is 2.35. The average molecular weight is 493 g/mol. The van der Waals surface area contributed by atoms with Crippen molar-refractivity contribution in [2.75, 3.05) is 0 Å². The maximum atomic E-state index is 5.25. The second-order valence-corrected chi connectivity index (χ2v) is 11.5. The smallest absolute Gasteiger partial charge is 0.195 e. The third kappa shape index (κ3) is 2.89. The lowest BCUT2D eigenvalue weighted by Gasteiger charge is -2.22. The Balaban J connectivity index is 1.43. The van der Waals surface area contributed by atoms with Gasteiger partial charge in [0, 0.05) is 16.5 Å². The van der Waals surface area contributed by atoms with Gasteiger partial charge in [0.15, 0.2) is 4.96 Å². The van der Waals surface area contributed by atoms with E-state index < -0.39 is 0 Å². The van der Waals surface area contributed by atoms with E-state index in [1.54, 1.807) is 11.3 Å². The summed E-state index contributed by atoms with van der Waals surface area (Å²) in [6.07, 6.45) is 0. The van der Waals surface area contributed by atoms with Crippen LogP contribution >= 0.6 is 11.3 Å². The molecule has 2 heterocycles. The molecule has 0 fully saturated rings. The number of fused-ring (bicyclic) bond motifs is 7. The van der Waals surface area contributed by atoms with Gasteiger partial charge in [0.2, 0.25) is 0 Å². The van der Waals surface area contributed by atoms with Crippen molar-refractivity contribution in [2.24, 2.45) is 0 Å². The fourth-order valence-corrected chi connectivity index (χ4v) is 7.20.